The smallest absolute Gasteiger partial charge is 0.335 e. The summed E-state index contributed by atoms with van der Waals surface area (Å²) in [5.74, 6) is 0.392. The number of rotatable bonds is 11. The fraction of sp³-hybridized carbons (Fsp3) is 0.250. The van der Waals surface area contributed by atoms with Gasteiger partial charge in [0, 0.05) is 13.5 Å². The molecule has 41 heavy (non-hydrogen) atoms. The van der Waals surface area contributed by atoms with Crippen molar-refractivity contribution in [1.29, 1.82) is 0 Å². The van der Waals surface area contributed by atoms with E-state index in [0.29, 0.717) is 26.2 Å². The van der Waals surface area contributed by atoms with Gasteiger partial charge in [-0.05, 0) is 71.0 Å². The van der Waals surface area contributed by atoms with Crippen LogP contribution >= 0.6 is 0 Å². The highest BCUT2D eigenvalue weighted by atomic mass is 16.6. The Balaban J connectivity index is 1.28. The van der Waals surface area contributed by atoms with Gasteiger partial charge in [0.25, 0.3) is 0 Å². The molecule has 0 amide bonds. The summed E-state index contributed by atoms with van der Waals surface area (Å²) in [6.07, 6.45) is 3.96. The van der Waals surface area contributed by atoms with Gasteiger partial charge >= 0.3 is 5.97 Å². The Morgan fingerprint density at radius 2 is 1.59 bits per heavy atom. The van der Waals surface area contributed by atoms with Crippen LogP contribution in [0, 0.1) is 6.92 Å². The second kappa shape index (κ2) is 13.4. The topological polar surface area (TPSA) is 54.0 Å². The minimum absolute atomic E-state index is 0.223. The number of ether oxygens (including phenoxy) is 4. The predicted molar refractivity (Wildman–Crippen MR) is 163 cm³/mol. The molecule has 0 N–H and O–H groups in total. The second-order valence-electron chi connectivity index (χ2n) is 10.1. The first-order valence-corrected chi connectivity index (χ1v) is 14.1. The summed E-state index contributed by atoms with van der Waals surface area (Å²) in [7, 11) is 1.52. The number of hydrogen-bond acceptors (Lipinski definition) is 5. The van der Waals surface area contributed by atoms with Crippen LogP contribution in [0.2, 0.25) is 0 Å². The van der Waals surface area contributed by atoms with Gasteiger partial charge in [-0.3, -0.25) is 0 Å². The number of carbonyl (C=O) groups is 1. The largest absolute Gasteiger partial charge is 0.491 e. The van der Waals surface area contributed by atoms with Crippen molar-refractivity contribution >= 4 is 18.1 Å². The lowest BCUT2D eigenvalue weighted by Gasteiger charge is -2.22. The summed E-state index contributed by atoms with van der Waals surface area (Å²) in [4.78, 5) is 12.0. The van der Waals surface area contributed by atoms with Crippen LogP contribution in [0.4, 0.5) is 0 Å². The average molecular weight is 549 g/mol. The molecule has 0 radical (unpaired) electrons. The third-order valence-electron chi connectivity index (χ3n) is 7.26. The molecular weight excluding hydrogens is 512 g/mol. The second-order valence-corrected chi connectivity index (χ2v) is 10.1. The minimum Gasteiger partial charge on any atom is -0.491 e. The van der Waals surface area contributed by atoms with E-state index in [1.807, 2.05) is 30.3 Å². The molecule has 2 atom stereocenters. The third-order valence-corrected chi connectivity index (χ3v) is 7.26. The summed E-state index contributed by atoms with van der Waals surface area (Å²) >= 11 is 0. The lowest BCUT2D eigenvalue weighted by molar-refractivity contribution is -0.154. The minimum atomic E-state index is -0.624. The number of methoxy groups -OCH3 is 1. The summed E-state index contributed by atoms with van der Waals surface area (Å²) < 4.78 is 23.0. The lowest BCUT2D eigenvalue weighted by Crippen LogP contribution is -2.27. The van der Waals surface area contributed by atoms with Crippen LogP contribution in [0.25, 0.3) is 23.3 Å². The van der Waals surface area contributed by atoms with Gasteiger partial charge in [0.1, 0.15) is 18.5 Å². The Hall–Kier alpha value is -4.19. The fourth-order valence-corrected chi connectivity index (χ4v) is 5.13. The van der Waals surface area contributed by atoms with Gasteiger partial charge in [-0.15, -0.1) is 0 Å². The van der Waals surface area contributed by atoms with Crippen LogP contribution in [0.3, 0.4) is 0 Å². The highest BCUT2D eigenvalue weighted by Gasteiger charge is 2.23. The molecule has 0 fully saturated rings. The summed E-state index contributed by atoms with van der Waals surface area (Å²) in [6.45, 7) is 5.05. The van der Waals surface area contributed by atoms with Crippen molar-refractivity contribution < 1.29 is 23.7 Å². The van der Waals surface area contributed by atoms with Crippen LogP contribution in [0.5, 0.6) is 5.75 Å². The van der Waals surface area contributed by atoms with Crippen molar-refractivity contribution in [3.05, 3.63) is 124 Å². The average Bonchev–Trinajstić information content (AvgIpc) is 3.15. The fourth-order valence-electron chi connectivity index (χ4n) is 5.13. The summed E-state index contributed by atoms with van der Waals surface area (Å²) in [6, 6.07) is 31.2. The highest BCUT2D eigenvalue weighted by Crippen LogP contribution is 2.38. The zero-order valence-corrected chi connectivity index (χ0v) is 23.8. The molecule has 4 aromatic carbocycles. The van der Waals surface area contributed by atoms with E-state index in [1.165, 1.54) is 23.8 Å². The predicted octanol–water partition coefficient (Wildman–Crippen LogP) is 7.45. The van der Waals surface area contributed by atoms with Crippen molar-refractivity contribution in [3.63, 3.8) is 0 Å². The van der Waals surface area contributed by atoms with Crippen LogP contribution < -0.4 is 4.74 Å². The lowest BCUT2D eigenvalue weighted by atomic mass is 9.92. The van der Waals surface area contributed by atoms with Gasteiger partial charge in [0.2, 0.25) is 0 Å². The van der Waals surface area contributed by atoms with Gasteiger partial charge in [-0.2, -0.15) is 0 Å². The van der Waals surface area contributed by atoms with E-state index in [1.54, 1.807) is 6.92 Å². The van der Waals surface area contributed by atoms with E-state index < -0.39 is 6.10 Å². The molecule has 0 heterocycles. The highest BCUT2D eigenvalue weighted by molar-refractivity contribution is 5.79. The van der Waals surface area contributed by atoms with Crippen molar-refractivity contribution in [1.82, 2.24) is 0 Å². The molecule has 0 aromatic heterocycles. The SMILES string of the molecule is CCOC(=O)C(Cc1ccc(OCCOC2c3ccc(C)cc3C=Cc3ccc(-c4ccccc4)cc32)cc1)OC. The molecule has 5 heteroatoms. The van der Waals surface area contributed by atoms with Gasteiger partial charge in [0.15, 0.2) is 6.10 Å². The van der Waals surface area contributed by atoms with E-state index in [0.717, 1.165) is 33.6 Å². The van der Waals surface area contributed by atoms with Gasteiger partial charge in [0.05, 0.1) is 13.2 Å². The zero-order chi connectivity index (χ0) is 28.6. The van der Waals surface area contributed by atoms with E-state index in [-0.39, 0.29) is 12.1 Å². The maximum absolute atomic E-state index is 12.0. The number of fused-ring (bicyclic) bond motifs is 2. The first-order valence-electron chi connectivity index (χ1n) is 14.1. The number of hydrogen-bond donors (Lipinski definition) is 0. The Morgan fingerprint density at radius 1 is 0.805 bits per heavy atom. The molecule has 0 spiro atoms. The normalized spacial score (nSPS) is 14.5. The van der Waals surface area contributed by atoms with Crippen LogP contribution in [-0.2, 0) is 25.4 Å². The van der Waals surface area contributed by atoms with Crippen LogP contribution in [-0.4, -0.2) is 39.0 Å². The number of esters is 1. The van der Waals surface area contributed by atoms with Crippen molar-refractivity contribution in [3.8, 4) is 16.9 Å². The molecule has 4 aromatic rings. The molecule has 1 aliphatic carbocycles. The van der Waals surface area contributed by atoms with Crippen molar-refractivity contribution in [2.24, 2.45) is 0 Å². The zero-order valence-electron chi connectivity index (χ0n) is 23.8. The van der Waals surface area contributed by atoms with E-state index in [2.05, 4.69) is 79.7 Å². The van der Waals surface area contributed by atoms with Crippen molar-refractivity contribution in [2.75, 3.05) is 26.9 Å². The quantitative estimate of drug-likeness (QED) is 0.144. The van der Waals surface area contributed by atoms with Gasteiger partial charge in [-0.1, -0.05) is 90.5 Å². The molecule has 1 aliphatic rings. The van der Waals surface area contributed by atoms with Gasteiger partial charge < -0.3 is 18.9 Å². The molecule has 0 saturated carbocycles. The van der Waals surface area contributed by atoms with Gasteiger partial charge in [-0.25, -0.2) is 4.79 Å². The number of aryl methyl sites for hydroxylation is 1. The molecule has 0 aliphatic heterocycles. The monoisotopic (exact) mass is 548 g/mol. The van der Waals surface area contributed by atoms with Crippen LogP contribution in [0.1, 0.15) is 46.4 Å². The molecule has 0 saturated heterocycles. The Labute approximate surface area is 242 Å². The van der Waals surface area contributed by atoms with Crippen molar-refractivity contribution in [2.45, 2.75) is 32.5 Å². The number of benzene rings is 4. The Kier molecular flexibility index (Phi) is 9.29. The molecular formula is C36H36O5. The third kappa shape index (κ3) is 6.94. The maximum Gasteiger partial charge on any atom is 0.335 e. The molecule has 2 unspecified atom stereocenters. The Bertz CT molecular complexity index is 1490. The standard InChI is InChI=1S/C36H36O5/c1-4-39-36(37)34(38-3)23-26-11-17-31(18-12-26)40-20-21-41-35-32-19-10-25(2)22-30(32)16-14-28-13-15-29(24-33(28)35)27-8-6-5-7-9-27/h5-19,22,24,34-35H,4,20-21,23H2,1-3H3. The molecule has 5 nitrogen and oxygen atoms in total. The summed E-state index contributed by atoms with van der Waals surface area (Å²) in [5.41, 5.74) is 9.14. The summed E-state index contributed by atoms with van der Waals surface area (Å²) in [5, 5.41) is 0. The van der Waals surface area contributed by atoms with E-state index >= 15 is 0 Å². The number of carbonyl (C=O) groups excluding carboxylic acids is 1. The Morgan fingerprint density at radius 3 is 2.34 bits per heavy atom. The first-order chi connectivity index (χ1) is 20.1. The van der Waals surface area contributed by atoms with E-state index in [4.69, 9.17) is 18.9 Å². The van der Waals surface area contributed by atoms with Crippen LogP contribution in [0.15, 0.2) is 91.0 Å². The molecule has 210 valence electrons. The van der Waals surface area contributed by atoms with E-state index in [9.17, 15) is 4.79 Å². The first kappa shape index (κ1) is 28.3. The molecule has 0 bridgehead atoms. The molecule has 5 rings (SSSR count). The maximum atomic E-state index is 12.0.